The molecule has 0 aromatic carbocycles. The number of hydroxylamine groups is 10. The Bertz CT molecular complexity index is 2070. The molecular weight excluding hydrogens is 1170 g/mol. The van der Waals surface area contributed by atoms with Crippen LogP contribution in [0.1, 0.15) is 111 Å². The minimum atomic E-state index is -4.24. The number of nitrogens with zero attached hydrogens (tertiary/aromatic N) is 5. The minimum Gasteiger partial charge on any atom is -0.318 e. The standard InChI is InChI=1S/C9H15NO3S.C8H15NO2S.C7H12ClNO2.C6H12N2O5S.C6H11NO2.C2H5ClS.C2H4OS.Cl2O2S/c1-6-8(12)10(9(6,3)4)13-5-14-7(2)11;1-6-7(10)9(8(6,2)3)11-5-12-4;1-5-6(10)9(11-4-8)7(5,2)3;1-6(2)4(7)5(9)8(6)13-3-14(10,11)12;1-4-5(8)7(9)6(4,2)3;1-4-2-3;1-2(3)4;1-5(2,3)4/h6H,5H2,1-4H3;6H,5H2,1-4H3;5H,4H2,1-3H3;4H,3,7H2,1-2H3,(H,10,11,12);4,9H,1-3H3;2H2,1H3;1H3,(H,3,4);/t2*6-;5-;2*4-;;;/m11111.../s1. The molecule has 0 aromatic heterocycles. The van der Waals surface area contributed by atoms with E-state index in [0.29, 0.717) is 11.2 Å². The van der Waals surface area contributed by atoms with E-state index in [1.54, 1.807) is 37.4 Å². The second kappa shape index (κ2) is 32.1. The predicted octanol–water partition coefficient (Wildman–Crippen LogP) is 6.34. The van der Waals surface area contributed by atoms with Crippen LogP contribution in [-0.4, -0.2) is 167 Å². The maximum Gasteiger partial charge on any atom is 0.317 e. The van der Waals surface area contributed by atoms with Gasteiger partial charge in [-0.3, -0.25) is 62.7 Å². The Morgan fingerprint density at radius 2 is 0.918 bits per heavy atom. The lowest BCUT2D eigenvalue weighted by molar-refractivity contribution is -0.257. The third-order valence-electron chi connectivity index (χ3n) is 11.8. The number of thioether (sulfide) groups is 3. The number of nitrogens with two attached hydrogens (primary N) is 1. The summed E-state index contributed by atoms with van der Waals surface area (Å²) in [5.41, 5.74) is 3.76. The third-order valence-corrected chi connectivity index (χ3v) is 14.1. The van der Waals surface area contributed by atoms with Gasteiger partial charge in [0.1, 0.15) is 24.0 Å². The van der Waals surface area contributed by atoms with Gasteiger partial charge in [0.15, 0.2) is 10.2 Å². The Labute approximate surface area is 467 Å². The van der Waals surface area contributed by atoms with E-state index in [4.69, 9.17) is 61.6 Å². The van der Waals surface area contributed by atoms with Crippen LogP contribution >= 0.6 is 92.5 Å². The number of rotatable bonds is 12. The van der Waals surface area contributed by atoms with Gasteiger partial charge < -0.3 is 5.73 Å². The van der Waals surface area contributed by atoms with E-state index in [-0.39, 0.29) is 91.7 Å². The second-order valence-electron chi connectivity index (χ2n) is 18.6. The largest absolute Gasteiger partial charge is 0.318 e. The van der Waals surface area contributed by atoms with Crippen LogP contribution in [0.3, 0.4) is 0 Å². The van der Waals surface area contributed by atoms with Crippen molar-refractivity contribution in [2.24, 2.45) is 29.4 Å². The first-order valence-electron chi connectivity index (χ1n) is 21.4. The molecule has 5 atom stereocenters. The first-order valence-corrected chi connectivity index (χ1v) is 31.4. The summed E-state index contributed by atoms with van der Waals surface area (Å²) in [6, 6.07) is -0.675. The molecule has 430 valence electrons. The van der Waals surface area contributed by atoms with Gasteiger partial charge >= 0.3 is 8.26 Å². The van der Waals surface area contributed by atoms with Gasteiger partial charge in [0.05, 0.1) is 56.6 Å². The maximum absolute atomic E-state index is 11.4. The molecular formula is C40H74Cl4N6O17S6. The number of thiol groups is 1. The highest BCUT2D eigenvalue weighted by atomic mass is 36.0. The van der Waals surface area contributed by atoms with Crippen molar-refractivity contribution in [2.75, 3.05) is 41.6 Å². The van der Waals surface area contributed by atoms with Crippen molar-refractivity contribution in [1.29, 1.82) is 0 Å². The summed E-state index contributed by atoms with van der Waals surface area (Å²) in [5.74, 6) is -0.728. The average molecular weight is 1250 g/mol. The Balaban J connectivity index is -0.000000795. The zero-order valence-corrected chi connectivity index (χ0v) is 52.3. The lowest BCUT2D eigenvalue weighted by Gasteiger charge is -2.50. The fourth-order valence-electron chi connectivity index (χ4n) is 5.63. The Hall–Kier alpha value is -1.13. The molecule has 5 amide bonds. The minimum absolute atomic E-state index is 0.00942. The first kappa shape index (κ1) is 76.1. The van der Waals surface area contributed by atoms with E-state index in [9.17, 15) is 42.0 Å². The highest BCUT2D eigenvalue weighted by Crippen LogP contribution is 2.39. The fraction of sp³-hybridized carbons (Fsp3) is 0.825. The topological polar surface area (TPSA) is 307 Å². The maximum atomic E-state index is 11.4. The average Bonchev–Trinajstić information content (AvgIpc) is 3.27. The van der Waals surface area contributed by atoms with Crippen LogP contribution in [0, 0.1) is 23.7 Å². The molecule has 4 N–H and O–H groups in total. The van der Waals surface area contributed by atoms with Crippen LogP contribution in [0.2, 0.25) is 0 Å². The molecule has 0 aliphatic carbocycles. The zero-order chi connectivity index (χ0) is 58.8. The fourth-order valence-corrected chi connectivity index (χ4v) is 6.50. The lowest BCUT2D eigenvalue weighted by Crippen LogP contribution is -2.74. The molecule has 5 heterocycles. The van der Waals surface area contributed by atoms with Gasteiger partial charge in [0.2, 0.25) is 5.94 Å². The second-order valence-corrected chi connectivity index (χ2v) is 27.9. The molecule has 5 saturated heterocycles. The summed E-state index contributed by atoms with van der Waals surface area (Å²) in [7, 11) is 0.570. The molecule has 23 nitrogen and oxygen atoms in total. The van der Waals surface area contributed by atoms with Gasteiger partial charge in [-0.25, -0.2) is 25.3 Å². The zero-order valence-electron chi connectivity index (χ0n) is 44.3. The molecule has 5 fully saturated rings. The van der Waals surface area contributed by atoms with Gasteiger partial charge in [-0.1, -0.05) is 51.1 Å². The van der Waals surface area contributed by atoms with Crippen molar-refractivity contribution in [3.05, 3.63) is 0 Å². The summed E-state index contributed by atoms with van der Waals surface area (Å²) in [4.78, 5) is 95.4. The molecule has 0 aromatic rings. The van der Waals surface area contributed by atoms with Gasteiger partial charge in [0, 0.05) is 35.2 Å². The molecule has 0 saturated carbocycles. The summed E-state index contributed by atoms with van der Waals surface area (Å²) >= 11 is 18.1. The van der Waals surface area contributed by atoms with Crippen LogP contribution in [0.25, 0.3) is 0 Å². The number of alkyl halides is 2. The quantitative estimate of drug-likeness (QED) is 0.0315. The highest BCUT2D eigenvalue weighted by molar-refractivity contribution is 8.31. The number of halogens is 4. The van der Waals surface area contributed by atoms with Crippen molar-refractivity contribution >= 4 is 151 Å². The molecule has 5 rings (SSSR count). The van der Waals surface area contributed by atoms with Crippen LogP contribution in [0.15, 0.2) is 0 Å². The molecule has 5 aliphatic rings. The number of hydrogen-bond acceptors (Lipinski definition) is 20. The van der Waals surface area contributed by atoms with Crippen LogP contribution in [0.4, 0.5) is 0 Å². The lowest BCUT2D eigenvalue weighted by atomic mass is 9.80. The van der Waals surface area contributed by atoms with E-state index in [1.807, 2.05) is 95.6 Å². The summed E-state index contributed by atoms with van der Waals surface area (Å²) in [6.45, 7) is 29.1. The van der Waals surface area contributed by atoms with Gasteiger partial charge in [-0.15, -0.1) is 47.8 Å². The van der Waals surface area contributed by atoms with Crippen molar-refractivity contribution in [1.82, 2.24) is 25.3 Å². The van der Waals surface area contributed by atoms with Gasteiger partial charge in [-0.2, -0.15) is 16.8 Å². The highest BCUT2D eigenvalue weighted by Gasteiger charge is 2.55. The van der Waals surface area contributed by atoms with E-state index < -0.39 is 41.8 Å². The van der Waals surface area contributed by atoms with E-state index in [1.165, 1.54) is 29.0 Å². The molecule has 0 radical (unpaired) electrons. The molecule has 33 heteroatoms. The Kier molecular flexibility index (Phi) is 33.4. The van der Waals surface area contributed by atoms with Crippen LogP contribution in [-0.2, 0) is 71.3 Å². The molecule has 73 heavy (non-hydrogen) atoms. The van der Waals surface area contributed by atoms with Gasteiger partial charge in [-0.05, 0) is 81.7 Å². The predicted molar refractivity (Wildman–Crippen MR) is 289 cm³/mol. The Morgan fingerprint density at radius 1 is 0.616 bits per heavy atom. The molecule has 0 bridgehead atoms. The summed E-state index contributed by atoms with van der Waals surface area (Å²) < 4.78 is 47.4. The number of β-lactam (4-membered cyclic amide) rings is 5. The van der Waals surface area contributed by atoms with Crippen LogP contribution < -0.4 is 5.73 Å². The number of amides is 5. The number of carbonyl (C=O) groups is 7. The molecule has 5 aliphatic heterocycles. The van der Waals surface area contributed by atoms with Gasteiger partial charge in [0.25, 0.3) is 39.7 Å². The number of hydrogen-bond donors (Lipinski definition) is 4. The van der Waals surface area contributed by atoms with Crippen molar-refractivity contribution in [2.45, 2.75) is 145 Å². The van der Waals surface area contributed by atoms with E-state index in [0.717, 1.165) is 21.9 Å². The summed E-state index contributed by atoms with van der Waals surface area (Å²) in [6.07, 6.45) is 3.91. The smallest absolute Gasteiger partial charge is 0.317 e. The SMILES string of the molecule is CC(=O)S.CC(=O)SCON1C(=O)[C@@H](C)C1(C)C.CC1(C)[C@H](N)C(=O)N1OCS(=O)(=O)O.CSCCl.CSCON1C(=O)[C@@H](C)C1(C)C.C[C@@H]1C(=O)N(O)C1(C)C.C[C@@H]1C(=O)N(OCCl)C1(C)C.O=S(=O)(Cl)Cl. The van der Waals surface area contributed by atoms with Crippen LogP contribution in [0.5, 0.6) is 0 Å². The van der Waals surface area contributed by atoms with Crippen molar-refractivity contribution in [3.63, 3.8) is 0 Å². The summed E-state index contributed by atoms with van der Waals surface area (Å²) in [5, 5.41) is 15.3. The van der Waals surface area contributed by atoms with Crippen molar-refractivity contribution in [3.8, 4) is 0 Å². The number of carbonyl (C=O) groups excluding carboxylic acids is 7. The van der Waals surface area contributed by atoms with E-state index >= 15 is 0 Å². The third kappa shape index (κ3) is 23.8. The van der Waals surface area contributed by atoms with Crippen molar-refractivity contribution < 1.29 is 79.5 Å². The monoisotopic (exact) mass is 1240 g/mol. The first-order chi connectivity index (χ1) is 32.7. The molecule has 0 spiro atoms. The molecule has 0 unspecified atom stereocenters. The Morgan fingerprint density at radius 3 is 1.14 bits per heavy atom. The normalized spacial score (nSPS) is 24.1. The van der Waals surface area contributed by atoms with E-state index in [2.05, 4.69) is 38.8 Å².